The Hall–Kier alpha value is -3.62. The highest BCUT2D eigenvalue weighted by Crippen LogP contribution is 2.52. The number of thiazole rings is 1. The van der Waals surface area contributed by atoms with Crippen molar-refractivity contribution in [3.8, 4) is 5.69 Å². The summed E-state index contributed by atoms with van der Waals surface area (Å²) in [6.45, 7) is 5.55. The van der Waals surface area contributed by atoms with Crippen molar-refractivity contribution in [3.05, 3.63) is 69.7 Å². The lowest BCUT2D eigenvalue weighted by Crippen LogP contribution is -2.52. The molecule has 41 heavy (non-hydrogen) atoms. The number of hydrogen-bond donors (Lipinski definition) is 0. The fourth-order valence-corrected chi connectivity index (χ4v) is 8.62. The van der Waals surface area contributed by atoms with Gasteiger partial charge < -0.3 is 0 Å². The van der Waals surface area contributed by atoms with E-state index in [2.05, 4.69) is 25.1 Å². The first kappa shape index (κ1) is 27.5. The molecule has 0 spiro atoms. The minimum Gasteiger partial charge on any atom is -0.290 e. The van der Waals surface area contributed by atoms with Crippen LogP contribution in [0.25, 0.3) is 11.8 Å². The second kappa shape index (κ2) is 10.0. The number of halogens is 1. The van der Waals surface area contributed by atoms with Crippen molar-refractivity contribution >= 4 is 33.2 Å². The van der Waals surface area contributed by atoms with Crippen LogP contribution in [-0.4, -0.2) is 65.1 Å². The monoisotopic (exact) mass is 596 g/mol. The van der Waals surface area contributed by atoms with Gasteiger partial charge in [-0.3, -0.25) is 9.48 Å². The molecule has 4 aromatic heterocycles. The van der Waals surface area contributed by atoms with E-state index in [9.17, 15) is 17.6 Å². The van der Waals surface area contributed by atoms with E-state index in [0.29, 0.717) is 30.0 Å². The smallest absolute Gasteiger partial charge is 0.282 e. The van der Waals surface area contributed by atoms with Crippen LogP contribution in [0.2, 0.25) is 0 Å². The molecule has 0 amide bonds. The fourth-order valence-electron chi connectivity index (χ4n) is 6.09. The van der Waals surface area contributed by atoms with Crippen molar-refractivity contribution in [2.24, 2.45) is 12.5 Å². The molecule has 214 valence electrons. The summed E-state index contributed by atoms with van der Waals surface area (Å²) in [5, 5.41) is 8.77. The quantitative estimate of drug-likeness (QED) is 0.233. The van der Waals surface area contributed by atoms with Crippen LogP contribution in [0.5, 0.6) is 0 Å². The van der Waals surface area contributed by atoms with E-state index in [4.69, 9.17) is 0 Å². The van der Waals surface area contributed by atoms with Gasteiger partial charge >= 0.3 is 0 Å². The van der Waals surface area contributed by atoms with E-state index in [1.54, 1.807) is 30.2 Å². The molecule has 1 fully saturated rings. The van der Waals surface area contributed by atoms with Crippen LogP contribution >= 0.6 is 11.3 Å². The maximum atomic E-state index is 14.4. The van der Waals surface area contributed by atoms with Gasteiger partial charge in [0.25, 0.3) is 15.2 Å². The first-order valence-corrected chi connectivity index (χ1v) is 15.5. The maximum Gasteiger partial charge on any atom is 0.282 e. The average molecular weight is 597 g/mol. The van der Waals surface area contributed by atoms with E-state index in [0.717, 1.165) is 21.7 Å². The van der Waals surface area contributed by atoms with Crippen LogP contribution < -0.4 is 0 Å². The number of sulfonamides is 1. The second-order valence-corrected chi connectivity index (χ2v) is 13.8. The van der Waals surface area contributed by atoms with Gasteiger partial charge in [0.05, 0.1) is 29.2 Å². The molecular weight excluding hydrogens is 567 g/mol. The fraction of sp³-hybridized carbons (Fsp3) is 0.407. The van der Waals surface area contributed by atoms with E-state index in [-0.39, 0.29) is 23.4 Å². The van der Waals surface area contributed by atoms with Gasteiger partial charge in [0, 0.05) is 30.2 Å². The van der Waals surface area contributed by atoms with Crippen LogP contribution in [0.1, 0.15) is 59.0 Å². The number of pyridine rings is 1. The third-order valence-corrected chi connectivity index (χ3v) is 10.6. The van der Waals surface area contributed by atoms with Crippen molar-refractivity contribution in [3.63, 3.8) is 0 Å². The summed E-state index contributed by atoms with van der Waals surface area (Å²) >= 11 is 1.34. The first-order valence-electron chi connectivity index (χ1n) is 13.3. The summed E-state index contributed by atoms with van der Waals surface area (Å²) in [5.41, 5.74) is 2.15. The molecule has 2 atom stereocenters. The molecule has 4 aromatic rings. The van der Waals surface area contributed by atoms with E-state index >= 15 is 0 Å². The molecule has 0 aromatic carbocycles. The Labute approximate surface area is 240 Å². The van der Waals surface area contributed by atoms with Crippen molar-refractivity contribution in [1.29, 1.82) is 0 Å². The highest BCUT2D eigenvalue weighted by Gasteiger charge is 2.52. The third kappa shape index (κ3) is 4.63. The molecule has 2 aliphatic carbocycles. The van der Waals surface area contributed by atoms with Crippen molar-refractivity contribution in [2.75, 3.05) is 0 Å². The van der Waals surface area contributed by atoms with Gasteiger partial charge in [0.15, 0.2) is 5.01 Å². The second-order valence-electron chi connectivity index (χ2n) is 10.9. The summed E-state index contributed by atoms with van der Waals surface area (Å²) in [6.07, 6.45) is 9.80. The Morgan fingerprint density at radius 1 is 1.20 bits per heavy atom. The number of allylic oxidation sites excluding steroid dienone is 1. The molecule has 14 heteroatoms. The van der Waals surface area contributed by atoms with Gasteiger partial charge in [-0.05, 0) is 70.2 Å². The van der Waals surface area contributed by atoms with Gasteiger partial charge in [0.2, 0.25) is 11.7 Å². The normalized spacial score (nSPS) is 20.7. The number of aromatic nitrogens is 7. The number of fused-ring (bicyclic) bond motifs is 2. The highest BCUT2D eigenvalue weighted by atomic mass is 32.2. The lowest BCUT2D eigenvalue weighted by Gasteiger charge is -2.46. The van der Waals surface area contributed by atoms with Crippen molar-refractivity contribution in [2.45, 2.75) is 63.7 Å². The minimum atomic E-state index is -4.03. The number of hydrogen-bond acceptors (Lipinski definition) is 9. The topological polar surface area (TPSA) is 129 Å². The standard InChI is InChI=1S/C27H29FN8O3S2/c1-16(2)36(41(38,39)26-31-15-34(4)33-26)20-6-5-19-9-22-18(13-32-35(22)21-7-8-23(28)29-14-21)10-27(19,11-20)24(37)25-30-12-17(3)40-25/h7-9,12-16,20H,5-6,10-11H2,1-4H3/t20-,27-/m0/s1. The zero-order valence-electron chi connectivity index (χ0n) is 23.0. The highest BCUT2D eigenvalue weighted by molar-refractivity contribution is 7.89. The Kier molecular flexibility index (Phi) is 6.74. The summed E-state index contributed by atoms with van der Waals surface area (Å²) in [7, 11) is -2.41. The van der Waals surface area contributed by atoms with Crippen LogP contribution in [0, 0.1) is 18.3 Å². The van der Waals surface area contributed by atoms with E-state index < -0.39 is 27.4 Å². The first-order chi connectivity index (χ1) is 19.5. The van der Waals surface area contributed by atoms with Crippen LogP contribution in [-0.2, 0) is 23.5 Å². The molecule has 0 saturated heterocycles. The van der Waals surface area contributed by atoms with Crippen molar-refractivity contribution in [1.82, 2.24) is 38.8 Å². The largest absolute Gasteiger partial charge is 0.290 e. The van der Waals surface area contributed by atoms with Gasteiger partial charge in [-0.1, -0.05) is 5.57 Å². The van der Waals surface area contributed by atoms with Gasteiger partial charge in [0.1, 0.15) is 6.33 Å². The molecular formula is C27H29FN8O3S2. The summed E-state index contributed by atoms with van der Waals surface area (Å²) < 4.78 is 45.6. The SMILES string of the molecule is Cc1cnc(C(=O)[C@]23Cc4cnn(-c5ccc(F)nc5)c4C=C2CC[C@H](N(C(C)C)S(=O)(=O)c2ncn(C)n2)C3)s1. The number of ketones is 1. The molecule has 1 saturated carbocycles. The van der Waals surface area contributed by atoms with Crippen molar-refractivity contribution < 1.29 is 17.6 Å². The van der Waals surface area contributed by atoms with Gasteiger partial charge in [-0.2, -0.15) is 13.8 Å². The van der Waals surface area contributed by atoms with E-state index in [1.165, 1.54) is 38.9 Å². The molecule has 11 nitrogen and oxygen atoms in total. The number of Topliss-reactive ketones (excluding diaryl/α,β-unsaturated/α-hetero) is 1. The Morgan fingerprint density at radius 2 is 2.00 bits per heavy atom. The summed E-state index contributed by atoms with van der Waals surface area (Å²) in [5.74, 6) is -0.703. The molecule has 0 bridgehead atoms. The molecule has 0 aliphatic heterocycles. The van der Waals surface area contributed by atoms with Crippen LogP contribution in [0.4, 0.5) is 4.39 Å². The zero-order chi connectivity index (χ0) is 29.1. The average Bonchev–Trinajstić information content (AvgIpc) is 3.67. The number of carbonyl (C=O) groups excluding carboxylic acids is 1. The Bertz CT molecular complexity index is 1770. The maximum absolute atomic E-state index is 14.4. The number of nitrogens with zero attached hydrogens (tertiary/aromatic N) is 8. The lowest BCUT2D eigenvalue weighted by atomic mass is 9.61. The van der Waals surface area contributed by atoms with E-state index in [1.807, 2.05) is 26.8 Å². The number of rotatable bonds is 7. The molecule has 2 aliphatic rings. The van der Waals surface area contributed by atoms with Gasteiger partial charge in [-0.25, -0.2) is 28.1 Å². The summed E-state index contributed by atoms with van der Waals surface area (Å²) in [4.78, 5) is 27.5. The molecule has 4 heterocycles. The predicted molar refractivity (Wildman–Crippen MR) is 149 cm³/mol. The lowest BCUT2D eigenvalue weighted by molar-refractivity contribution is 0.0727. The molecule has 0 N–H and O–H groups in total. The molecule has 6 rings (SSSR count). The Balaban J connectivity index is 1.44. The summed E-state index contributed by atoms with van der Waals surface area (Å²) in [6, 6.07) is 2.03. The van der Waals surface area contributed by atoms with Gasteiger partial charge in [-0.15, -0.1) is 16.4 Å². The number of carbonyl (C=O) groups is 1. The van der Waals surface area contributed by atoms with Crippen LogP contribution in [0.3, 0.4) is 0 Å². The van der Waals surface area contributed by atoms with Crippen LogP contribution in [0.15, 0.2) is 47.8 Å². The Morgan fingerprint density at radius 3 is 2.63 bits per heavy atom. The zero-order valence-corrected chi connectivity index (χ0v) is 24.7. The molecule has 0 radical (unpaired) electrons. The minimum absolute atomic E-state index is 0.120. The third-order valence-electron chi connectivity index (χ3n) is 7.80. The molecule has 0 unspecified atom stereocenters. The number of aryl methyl sites for hydroxylation is 2. The predicted octanol–water partition coefficient (Wildman–Crippen LogP) is 3.76.